The second kappa shape index (κ2) is 8.97. The summed E-state index contributed by atoms with van der Waals surface area (Å²) in [6.07, 6.45) is 3.34. The summed E-state index contributed by atoms with van der Waals surface area (Å²) in [5, 5.41) is 0. The molecule has 0 N–H and O–H groups in total. The smallest absolute Gasteiger partial charge is 0.339 e. The number of hydrogen-bond donors (Lipinski definition) is 0. The fourth-order valence-electron chi connectivity index (χ4n) is 2.56. The zero-order chi connectivity index (χ0) is 17.6. The quantitative estimate of drug-likeness (QED) is 0.489. The van der Waals surface area contributed by atoms with Gasteiger partial charge in [0.15, 0.2) is 0 Å². The zero-order valence-corrected chi connectivity index (χ0v) is 15.1. The Labute approximate surface area is 158 Å². The lowest BCUT2D eigenvalue weighted by Gasteiger charge is -2.08. The Hall–Kier alpha value is -2.92. The molecule has 0 unspecified atom stereocenters. The molecule has 6 heteroatoms. The number of ketones is 1. The molecule has 0 radical (unpaired) electrons. The molecule has 0 aliphatic rings. The minimum atomic E-state index is -0.440. The third-order valence-electron chi connectivity index (χ3n) is 3.73. The number of esters is 1. The lowest BCUT2D eigenvalue weighted by atomic mass is 10.1. The molecule has 3 aromatic rings. The lowest BCUT2D eigenvalue weighted by molar-refractivity contribution is 0.0526. The molecule has 134 valence electrons. The van der Waals surface area contributed by atoms with Crippen molar-refractivity contribution in [1.82, 2.24) is 9.55 Å². The molecule has 0 aliphatic carbocycles. The van der Waals surface area contributed by atoms with Gasteiger partial charge in [-0.25, -0.2) is 4.79 Å². The summed E-state index contributed by atoms with van der Waals surface area (Å²) < 4.78 is 6.79. The molecule has 0 fully saturated rings. The van der Waals surface area contributed by atoms with Gasteiger partial charge < -0.3 is 9.30 Å². The summed E-state index contributed by atoms with van der Waals surface area (Å²) in [5.41, 5.74) is 2.16. The van der Waals surface area contributed by atoms with Crippen LogP contribution in [-0.2, 0) is 11.3 Å². The van der Waals surface area contributed by atoms with E-state index in [9.17, 15) is 9.59 Å². The van der Waals surface area contributed by atoms with Gasteiger partial charge in [0.05, 0.1) is 30.1 Å². The summed E-state index contributed by atoms with van der Waals surface area (Å²) in [6.45, 7) is 2.43. The van der Waals surface area contributed by atoms with Crippen LogP contribution in [0.15, 0.2) is 67.0 Å². The van der Waals surface area contributed by atoms with Crippen LogP contribution < -0.4 is 0 Å². The molecule has 26 heavy (non-hydrogen) atoms. The molecule has 2 aromatic heterocycles. The Morgan fingerprint density at radius 1 is 1.04 bits per heavy atom. The van der Waals surface area contributed by atoms with E-state index in [0.29, 0.717) is 23.4 Å². The predicted octanol–water partition coefficient (Wildman–Crippen LogP) is 3.76. The first-order valence-corrected chi connectivity index (χ1v) is 8.06. The highest BCUT2D eigenvalue weighted by Crippen LogP contribution is 2.17. The number of rotatable bonds is 6. The fourth-order valence-corrected chi connectivity index (χ4v) is 2.56. The average Bonchev–Trinajstić information content (AvgIpc) is 3.07. The molecule has 1 aromatic carbocycles. The van der Waals surface area contributed by atoms with E-state index < -0.39 is 5.97 Å². The normalized spacial score (nSPS) is 10.0. The van der Waals surface area contributed by atoms with E-state index in [1.807, 2.05) is 36.4 Å². The van der Waals surface area contributed by atoms with E-state index in [4.69, 9.17) is 4.74 Å². The van der Waals surface area contributed by atoms with Gasteiger partial charge in [0.1, 0.15) is 0 Å². The van der Waals surface area contributed by atoms with Crippen LogP contribution in [-0.4, -0.2) is 27.9 Å². The van der Waals surface area contributed by atoms with E-state index in [-0.39, 0.29) is 24.8 Å². The van der Waals surface area contributed by atoms with Crippen LogP contribution in [0.3, 0.4) is 0 Å². The van der Waals surface area contributed by atoms with Crippen molar-refractivity contribution in [1.29, 1.82) is 0 Å². The van der Waals surface area contributed by atoms with Crippen LogP contribution in [0.1, 0.15) is 39.0 Å². The van der Waals surface area contributed by atoms with Gasteiger partial charge in [-0.3, -0.25) is 9.78 Å². The van der Waals surface area contributed by atoms with E-state index in [2.05, 4.69) is 4.98 Å². The van der Waals surface area contributed by atoms with Crippen LogP contribution in [0.2, 0.25) is 0 Å². The molecule has 3 rings (SSSR count). The monoisotopic (exact) mass is 370 g/mol. The highest BCUT2D eigenvalue weighted by molar-refractivity contribution is 6.09. The standard InChI is InChI=1S/C20H18N2O3.ClH/c1-2-25-20(24)16-12-18(19(23)15-8-4-3-5-9-15)22(13-16)14-17-10-6-7-11-21-17;/h3-13H,2,14H2,1H3;1H. The molecule has 0 atom stereocenters. The van der Waals surface area contributed by atoms with Crippen LogP contribution in [0.4, 0.5) is 0 Å². The third kappa shape index (κ3) is 4.37. The van der Waals surface area contributed by atoms with Gasteiger partial charge in [0, 0.05) is 18.0 Å². The minimum Gasteiger partial charge on any atom is -0.462 e. The molecule has 2 heterocycles. The maximum absolute atomic E-state index is 12.9. The van der Waals surface area contributed by atoms with Crippen LogP contribution >= 0.6 is 12.4 Å². The van der Waals surface area contributed by atoms with E-state index in [0.717, 1.165) is 5.69 Å². The summed E-state index contributed by atoms with van der Waals surface area (Å²) in [4.78, 5) is 29.2. The second-order valence-electron chi connectivity index (χ2n) is 5.48. The number of aromatic nitrogens is 2. The van der Waals surface area contributed by atoms with Crippen molar-refractivity contribution in [3.8, 4) is 0 Å². The van der Waals surface area contributed by atoms with Crippen LogP contribution in [0.25, 0.3) is 0 Å². The topological polar surface area (TPSA) is 61.2 Å². The van der Waals surface area contributed by atoms with Gasteiger partial charge in [-0.05, 0) is 25.1 Å². The maximum Gasteiger partial charge on any atom is 0.339 e. The number of carbonyl (C=O) groups excluding carboxylic acids is 2. The third-order valence-corrected chi connectivity index (χ3v) is 3.73. The van der Waals surface area contributed by atoms with E-state index >= 15 is 0 Å². The Morgan fingerprint density at radius 2 is 1.77 bits per heavy atom. The number of benzene rings is 1. The molecule has 0 bridgehead atoms. The van der Waals surface area contributed by atoms with Crippen molar-refractivity contribution < 1.29 is 14.3 Å². The Morgan fingerprint density at radius 3 is 2.42 bits per heavy atom. The lowest BCUT2D eigenvalue weighted by Crippen LogP contribution is -2.11. The van der Waals surface area contributed by atoms with Crippen molar-refractivity contribution in [2.45, 2.75) is 13.5 Å². The summed E-state index contributed by atoms with van der Waals surface area (Å²) in [6, 6.07) is 16.2. The van der Waals surface area contributed by atoms with Crippen molar-refractivity contribution in [2.75, 3.05) is 6.61 Å². The Kier molecular flexibility index (Phi) is 6.69. The predicted molar refractivity (Wildman–Crippen MR) is 101 cm³/mol. The van der Waals surface area contributed by atoms with Gasteiger partial charge >= 0.3 is 5.97 Å². The maximum atomic E-state index is 12.9. The molecule has 0 amide bonds. The number of nitrogens with zero attached hydrogens (tertiary/aromatic N) is 2. The Balaban J connectivity index is 0.00000243. The second-order valence-corrected chi connectivity index (χ2v) is 5.48. The minimum absolute atomic E-state index is 0. The van der Waals surface area contributed by atoms with Gasteiger partial charge in [-0.15, -0.1) is 12.4 Å². The highest BCUT2D eigenvalue weighted by Gasteiger charge is 2.19. The SMILES string of the molecule is CCOC(=O)c1cc(C(=O)c2ccccc2)n(Cc2ccccn2)c1.Cl. The Bertz CT molecular complexity index is 877. The van der Waals surface area contributed by atoms with Gasteiger partial charge in [-0.2, -0.15) is 0 Å². The average molecular weight is 371 g/mol. The summed E-state index contributed by atoms with van der Waals surface area (Å²) in [5.74, 6) is -0.587. The molecule has 0 saturated heterocycles. The largest absolute Gasteiger partial charge is 0.462 e. The molecule has 5 nitrogen and oxygen atoms in total. The first-order valence-electron chi connectivity index (χ1n) is 8.06. The number of halogens is 1. The number of ether oxygens (including phenoxy) is 1. The highest BCUT2D eigenvalue weighted by atomic mass is 35.5. The number of hydrogen-bond acceptors (Lipinski definition) is 4. The number of pyridine rings is 1. The molecule has 0 aliphatic heterocycles. The first-order chi connectivity index (χ1) is 12.2. The van der Waals surface area contributed by atoms with Crippen molar-refractivity contribution in [2.24, 2.45) is 0 Å². The zero-order valence-electron chi connectivity index (χ0n) is 14.3. The molecular weight excluding hydrogens is 352 g/mol. The van der Waals surface area contributed by atoms with Gasteiger partial charge in [-0.1, -0.05) is 36.4 Å². The fraction of sp³-hybridized carbons (Fsp3) is 0.150. The molecule has 0 spiro atoms. The van der Waals surface area contributed by atoms with Gasteiger partial charge in [0.2, 0.25) is 5.78 Å². The van der Waals surface area contributed by atoms with E-state index in [1.54, 1.807) is 42.1 Å². The van der Waals surface area contributed by atoms with Crippen molar-refractivity contribution in [3.05, 3.63) is 89.5 Å². The van der Waals surface area contributed by atoms with Crippen molar-refractivity contribution in [3.63, 3.8) is 0 Å². The first kappa shape index (κ1) is 19.4. The number of carbonyl (C=O) groups is 2. The van der Waals surface area contributed by atoms with Crippen LogP contribution in [0.5, 0.6) is 0 Å². The summed E-state index contributed by atoms with van der Waals surface area (Å²) >= 11 is 0. The van der Waals surface area contributed by atoms with E-state index in [1.165, 1.54) is 0 Å². The summed E-state index contributed by atoms with van der Waals surface area (Å²) in [7, 11) is 0. The molecule has 0 saturated carbocycles. The molecular formula is C20H19ClN2O3. The van der Waals surface area contributed by atoms with Gasteiger partial charge in [0.25, 0.3) is 0 Å². The van der Waals surface area contributed by atoms with Crippen LogP contribution in [0, 0.1) is 0 Å². The van der Waals surface area contributed by atoms with Crippen molar-refractivity contribution >= 4 is 24.2 Å².